The highest BCUT2D eigenvalue weighted by molar-refractivity contribution is 6.26. The van der Waals surface area contributed by atoms with Crippen LogP contribution in [0.3, 0.4) is 0 Å². The molecule has 0 saturated carbocycles. The van der Waals surface area contributed by atoms with E-state index in [0.29, 0.717) is 11.1 Å². The third kappa shape index (κ3) is 4.39. The van der Waals surface area contributed by atoms with Crippen molar-refractivity contribution in [1.82, 2.24) is 14.5 Å². The molecule has 0 bridgehead atoms. The van der Waals surface area contributed by atoms with Crippen molar-refractivity contribution < 1.29 is 0 Å². The Morgan fingerprint density at radius 1 is 0.519 bits per heavy atom. The number of nitriles is 2. The van der Waals surface area contributed by atoms with E-state index in [1.54, 1.807) is 0 Å². The average Bonchev–Trinajstić information content (AvgIpc) is 3.73. The van der Waals surface area contributed by atoms with Gasteiger partial charge in [-0.05, 0) is 65.2 Å². The van der Waals surface area contributed by atoms with Crippen molar-refractivity contribution >= 4 is 49.3 Å². The average molecular weight is 667 g/mol. The molecule has 2 unspecified atom stereocenters. The van der Waals surface area contributed by atoms with Crippen LogP contribution in [0.5, 0.6) is 0 Å². The molecule has 0 amide bonds. The topological polar surface area (TPSA) is 81.5 Å². The van der Waals surface area contributed by atoms with Crippen molar-refractivity contribution in [1.29, 1.82) is 10.5 Å². The molecule has 0 spiro atoms. The zero-order valence-electron chi connectivity index (χ0n) is 28.0. The highest BCUT2D eigenvalue weighted by atomic mass is 15.2. The van der Waals surface area contributed by atoms with Gasteiger partial charge in [-0.3, -0.25) is 5.32 Å². The Labute approximate surface area is 300 Å². The maximum absolute atomic E-state index is 10.9. The van der Waals surface area contributed by atoms with Gasteiger partial charge in [0.25, 0.3) is 0 Å². The number of nitrogens with zero attached hydrogens (tertiary/aromatic N) is 4. The van der Waals surface area contributed by atoms with Crippen LogP contribution >= 0.6 is 0 Å². The van der Waals surface area contributed by atoms with Crippen LogP contribution < -0.4 is 10.6 Å². The molecule has 9 aromatic rings. The van der Waals surface area contributed by atoms with Crippen molar-refractivity contribution in [3.8, 4) is 23.5 Å². The van der Waals surface area contributed by atoms with Crippen molar-refractivity contribution in [3.63, 3.8) is 0 Å². The highest BCUT2D eigenvalue weighted by Gasteiger charge is 2.30. The molecule has 7 aromatic carbocycles. The molecule has 0 radical (unpaired) electrons. The van der Waals surface area contributed by atoms with E-state index >= 15 is 0 Å². The number of hydrogen-bond acceptors (Lipinski definition) is 4. The normalized spacial score (nSPS) is 15.3. The fourth-order valence-electron chi connectivity index (χ4n) is 8.24. The molecule has 1 aliphatic heterocycles. The van der Waals surface area contributed by atoms with Crippen LogP contribution in [0.1, 0.15) is 40.0 Å². The van der Waals surface area contributed by atoms with E-state index in [1.807, 2.05) is 48.5 Å². The molecule has 1 aliphatic rings. The number of fused-ring (bicyclic) bond motifs is 8. The van der Waals surface area contributed by atoms with Gasteiger partial charge in [0.2, 0.25) is 0 Å². The number of para-hydroxylation sites is 4. The predicted octanol–water partition coefficient (Wildman–Crippen LogP) is 10.4. The summed E-state index contributed by atoms with van der Waals surface area (Å²) < 4.78 is 4.61. The number of nitrogens with one attached hydrogen (secondary N) is 2. The lowest BCUT2D eigenvalue weighted by atomic mass is 9.90. The van der Waals surface area contributed by atoms with E-state index in [9.17, 15) is 10.5 Å². The summed E-state index contributed by atoms with van der Waals surface area (Å²) in [7, 11) is 0. The van der Waals surface area contributed by atoms with E-state index in [2.05, 4.69) is 141 Å². The molecular formula is C46H30N6. The van der Waals surface area contributed by atoms with Gasteiger partial charge in [0, 0.05) is 27.2 Å². The van der Waals surface area contributed by atoms with Crippen molar-refractivity contribution in [2.45, 2.75) is 12.2 Å². The van der Waals surface area contributed by atoms with E-state index in [1.165, 1.54) is 0 Å². The first-order valence-electron chi connectivity index (χ1n) is 17.4. The first-order valence-corrected chi connectivity index (χ1v) is 17.4. The molecule has 0 fully saturated rings. The summed E-state index contributed by atoms with van der Waals surface area (Å²) in [5, 5.41) is 32.9. The molecule has 2 atom stereocenters. The molecule has 2 aromatic heterocycles. The summed E-state index contributed by atoms with van der Waals surface area (Å²) in [5.74, 6) is 0. The Kier molecular flexibility index (Phi) is 6.72. The Balaban J connectivity index is 1.22. The van der Waals surface area contributed by atoms with E-state index in [4.69, 9.17) is 0 Å². The number of anilines is 1. The van der Waals surface area contributed by atoms with E-state index in [0.717, 1.165) is 77.4 Å². The first kappa shape index (κ1) is 29.8. The summed E-state index contributed by atoms with van der Waals surface area (Å²) in [6.45, 7) is 0. The Bertz CT molecular complexity index is 2940. The zero-order valence-corrected chi connectivity index (χ0v) is 28.0. The van der Waals surface area contributed by atoms with Crippen molar-refractivity contribution in [2.24, 2.45) is 0 Å². The number of benzene rings is 7. The zero-order chi connectivity index (χ0) is 34.8. The van der Waals surface area contributed by atoms with Gasteiger partial charge in [-0.1, -0.05) is 109 Å². The van der Waals surface area contributed by atoms with Gasteiger partial charge in [-0.25, -0.2) is 0 Å². The maximum atomic E-state index is 10.9. The number of aromatic nitrogens is 2. The Hall–Kier alpha value is -7.12. The van der Waals surface area contributed by atoms with Crippen molar-refractivity contribution in [2.75, 3.05) is 5.32 Å². The fourth-order valence-corrected chi connectivity index (χ4v) is 8.24. The minimum atomic E-state index is -0.260. The molecule has 52 heavy (non-hydrogen) atoms. The van der Waals surface area contributed by atoms with Crippen LogP contribution in [0.25, 0.3) is 55.0 Å². The number of hydrogen-bond donors (Lipinski definition) is 2. The van der Waals surface area contributed by atoms with Crippen LogP contribution in [0.2, 0.25) is 0 Å². The van der Waals surface area contributed by atoms with Gasteiger partial charge in [-0.2, -0.15) is 10.5 Å². The molecule has 6 heteroatoms. The largest absolute Gasteiger partial charge is 0.365 e. The Morgan fingerprint density at radius 3 is 1.98 bits per heavy atom. The second kappa shape index (κ2) is 11.7. The second-order valence-corrected chi connectivity index (χ2v) is 13.3. The number of rotatable bonds is 4. The molecular weight excluding hydrogens is 637 g/mol. The monoisotopic (exact) mass is 666 g/mol. The summed E-state index contributed by atoms with van der Waals surface area (Å²) in [5.41, 5.74) is 11.2. The summed E-state index contributed by atoms with van der Waals surface area (Å²) >= 11 is 0. The standard InChI is InChI=1S/C46H30N6/c47-27-31-14-11-19-37-43(49-46(50-44(31)37)29-12-3-1-4-13-29)30-22-24-38(32(26-30)28-48)52-39-20-9-7-17-34(39)35-23-25-41-42(45(35)52)36-18-8-10-21-40(36)51(41)33-15-5-2-6-16-33/h1-26,43,46,49-50H. The molecule has 10 rings (SSSR count). The lowest BCUT2D eigenvalue weighted by molar-refractivity contribution is 0.506. The van der Waals surface area contributed by atoms with Gasteiger partial charge in [0.15, 0.2) is 0 Å². The van der Waals surface area contributed by atoms with Gasteiger partial charge >= 0.3 is 0 Å². The first-order chi connectivity index (χ1) is 25.7. The summed E-state index contributed by atoms with van der Waals surface area (Å²) in [4.78, 5) is 0. The fraction of sp³-hybridized carbons (Fsp3) is 0.0435. The highest BCUT2D eigenvalue weighted by Crippen LogP contribution is 2.44. The van der Waals surface area contributed by atoms with Gasteiger partial charge in [-0.15, -0.1) is 0 Å². The molecule has 2 N–H and O–H groups in total. The minimum absolute atomic E-state index is 0.231. The second-order valence-electron chi connectivity index (χ2n) is 13.3. The third-order valence-electron chi connectivity index (χ3n) is 10.5. The van der Waals surface area contributed by atoms with Crippen LogP contribution in [0, 0.1) is 22.7 Å². The lowest BCUT2D eigenvalue weighted by Gasteiger charge is -2.36. The minimum Gasteiger partial charge on any atom is -0.365 e. The molecule has 0 saturated heterocycles. The van der Waals surface area contributed by atoms with Gasteiger partial charge in [0.1, 0.15) is 18.3 Å². The smallest absolute Gasteiger partial charge is 0.104 e. The molecule has 3 heterocycles. The van der Waals surface area contributed by atoms with Crippen LogP contribution in [0.4, 0.5) is 5.69 Å². The molecule has 6 nitrogen and oxygen atoms in total. The summed E-state index contributed by atoms with van der Waals surface area (Å²) in [6.07, 6.45) is -0.231. The lowest BCUT2D eigenvalue weighted by Crippen LogP contribution is -2.37. The summed E-state index contributed by atoms with van der Waals surface area (Å²) in [6, 6.07) is 58.9. The van der Waals surface area contributed by atoms with Crippen LogP contribution in [-0.2, 0) is 0 Å². The van der Waals surface area contributed by atoms with Crippen molar-refractivity contribution in [3.05, 3.63) is 186 Å². The van der Waals surface area contributed by atoms with Crippen LogP contribution in [0.15, 0.2) is 158 Å². The Morgan fingerprint density at radius 2 is 1.21 bits per heavy atom. The SMILES string of the molecule is N#Cc1cc(C2NC(c3ccccc3)Nc3c(C#N)cccc32)ccc1-n1c2ccccc2c2ccc3c(c4ccccc4n3-c3ccccc3)c21. The van der Waals surface area contributed by atoms with E-state index in [-0.39, 0.29) is 12.2 Å². The quantitative estimate of drug-likeness (QED) is 0.196. The van der Waals surface area contributed by atoms with Gasteiger partial charge in [0.05, 0.1) is 50.6 Å². The molecule has 244 valence electrons. The maximum Gasteiger partial charge on any atom is 0.104 e. The van der Waals surface area contributed by atoms with Gasteiger partial charge < -0.3 is 14.5 Å². The van der Waals surface area contributed by atoms with Crippen LogP contribution in [-0.4, -0.2) is 9.13 Å². The molecule has 0 aliphatic carbocycles. The van der Waals surface area contributed by atoms with E-state index < -0.39 is 0 Å². The third-order valence-corrected chi connectivity index (χ3v) is 10.5. The predicted molar refractivity (Wildman–Crippen MR) is 209 cm³/mol.